The van der Waals surface area contributed by atoms with Crippen molar-refractivity contribution in [1.82, 2.24) is 0 Å². The number of isocyanates is 1. The molecule has 0 spiro atoms. The van der Waals surface area contributed by atoms with Crippen LogP contribution in [-0.2, 0) is 4.79 Å². The predicted octanol–water partition coefficient (Wildman–Crippen LogP) is 2.79. The van der Waals surface area contributed by atoms with E-state index in [4.69, 9.17) is 4.74 Å². The Morgan fingerprint density at radius 3 is 2.64 bits per heavy atom. The van der Waals surface area contributed by atoms with Gasteiger partial charge in [-0.05, 0) is 29.7 Å². The maximum absolute atomic E-state index is 10.1. The third-order valence-corrected chi connectivity index (χ3v) is 2.01. The van der Waals surface area contributed by atoms with E-state index < -0.39 is 0 Å². The third kappa shape index (κ3) is 2.21. The van der Waals surface area contributed by atoms with Gasteiger partial charge in [-0.15, -0.1) is 0 Å². The van der Waals surface area contributed by atoms with Crippen molar-refractivity contribution in [2.75, 3.05) is 7.11 Å². The molecule has 0 N–H and O–H groups in total. The van der Waals surface area contributed by atoms with Crippen LogP contribution in [-0.4, -0.2) is 13.2 Å². The highest BCUT2D eigenvalue weighted by molar-refractivity contribution is 5.53. The Kier molecular flexibility index (Phi) is 3.43. The van der Waals surface area contributed by atoms with Gasteiger partial charge in [-0.1, -0.05) is 13.8 Å². The molecular weight excluding hydrogens is 178 g/mol. The maximum Gasteiger partial charge on any atom is 0.240 e. The summed E-state index contributed by atoms with van der Waals surface area (Å²) in [5, 5.41) is 0. The summed E-state index contributed by atoms with van der Waals surface area (Å²) in [7, 11) is 1.63. The van der Waals surface area contributed by atoms with E-state index in [9.17, 15) is 4.79 Å². The SMILES string of the molecule is COc1ccc(N=C=O)cc1C(C)C. The lowest BCUT2D eigenvalue weighted by Gasteiger charge is -2.11. The van der Waals surface area contributed by atoms with Crippen LogP contribution in [0.1, 0.15) is 25.3 Å². The van der Waals surface area contributed by atoms with Crippen LogP contribution in [0.3, 0.4) is 0 Å². The molecule has 0 saturated carbocycles. The van der Waals surface area contributed by atoms with Crippen LogP contribution >= 0.6 is 0 Å². The molecule has 0 aliphatic heterocycles. The van der Waals surface area contributed by atoms with Crippen molar-refractivity contribution < 1.29 is 9.53 Å². The lowest BCUT2D eigenvalue weighted by atomic mass is 10.0. The van der Waals surface area contributed by atoms with Gasteiger partial charge in [0.2, 0.25) is 6.08 Å². The highest BCUT2D eigenvalue weighted by Gasteiger charge is 2.07. The van der Waals surface area contributed by atoms with Crippen molar-refractivity contribution in [2.24, 2.45) is 4.99 Å². The Hall–Kier alpha value is -1.60. The second kappa shape index (κ2) is 4.58. The molecular formula is C11H13NO2. The number of nitrogens with zero attached hydrogens (tertiary/aromatic N) is 1. The molecule has 0 aliphatic carbocycles. The maximum atomic E-state index is 10.1. The standard InChI is InChI=1S/C11H13NO2/c1-8(2)10-6-9(12-7-13)4-5-11(10)14-3/h4-6,8H,1-3H3. The molecule has 0 amide bonds. The van der Waals surface area contributed by atoms with E-state index in [0.717, 1.165) is 11.3 Å². The van der Waals surface area contributed by atoms with Crippen LogP contribution in [0.2, 0.25) is 0 Å². The number of aliphatic imine (C=N–C) groups is 1. The van der Waals surface area contributed by atoms with Gasteiger partial charge in [-0.2, -0.15) is 4.99 Å². The van der Waals surface area contributed by atoms with Gasteiger partial charge in [0, 0.05) is 0 Å². The molecule has 0 aromatic heterocycles. The first-order chi connectivity index (χ1) is 6.69. The second-order valence-electron chi connectivity index (χ2n) is 3.28. The number of ether oxygens (including phenoxy) is 1. The Balaban J connectivity index is 3.20. The van der Waals surface area contributed by atoms with Crippen molar-refractivity contribution >= 4 is 11.8 Å². The number of carbonyl (C=O) groups excluding carboxylic acids is 1. The summed E-state index contributed by atoms with van der Waals surface area (Å²) in [5.74, 6) is 1.16. The third-order valence-electron chi connectivity index (χ3n) is 2.01. The molecule has 1 aromatic carbocycles. The first kappa shape index (κ1) is 10.5. The van der Waals surface area contributed by atoms with Crippen molar-refractivity contribution in [1.29, 1.82) is 0 Å². The van der Waals surface area contributed by atoms with Gasteiger partial charge >= 0.3 is 0 Å². The van der Waals surface area contributed by atoms with Crippen LogP contribution in [0, 0.1) is 0 Å². The zero-order chi connectivity index (χ0) is 10.6. The van der Waals surface area contributed by atoms with E-state index in [2.05, 4.69) is 18.8 Å². The Bertz CT molecular complexity index is 366. The van der Waals surface area contributed by atoms with Gasteiger partial charge in [0.05, 0.1) is 12.8 Å². The molecule has 0 unspecified atom stereocenters. The molecule has 0 aliphatic rings. The number of rotatable bonds is 3. The Labute approximate surface area is 83.4 Å². The fourth-order valence-electron chi connectivity index (χ4n) is 1.30. The lowest BCUT2D eigenvalue weighted by molar-refractivity contribution is 0.407. The number of methoxy groups -OCH3 is 1. The summed E-state index contributed by atoms with van der Waals surface area (Å²) in [5.41, 5.74) is 1.66. The Morgan fingerprint density at radius 1 is 1.43 bits per heavy atom. The predicted molar refractivity (Wildman–Crippen MR) is 54.9 cm³/mol. The summed E-state index contributed by atoms with van der Waals surface area (Å²) in [6, 6.07) is 5.38. The molecule has 0 radical (unpaired) electrons. The quantitative estimate of drug-likeness (QED) is 0.544. The zero-order valence-electron chi connectivity index (χ0n) is 8.57. The molecule has 1 aromatic rings. The van der Waals surface area contributed by atoms with E-state index in [-0.39, 0.29) is 0 Å². The smallest absolute Gasteiger partial charge is 0.240 e. The molecule has 0 saturated heterocycles. The number of benzene rings is 1. The molecule has 0 bridgehead atoms. The molecule has 1 rings (SSSR count). The topological polar surface area (TPSA) is 38.7 Å². The molecule has 0 fully saturated rings. The molecule has 0 heterocycles. The summed E-state index contributed by atoms with van der Waals surface area (Å²) >= 11 is 0. The largest absolute Gasteiger partial charge is 0.496 e. The summed E-state index contributed by atoms with van der Waals surface area (Å²) in [4.78, 5) is 13.7. The van der Waals surface area contributed by atoms with E-state index in [0.29, 0.717) is 11.6 Å². The fraction of sp³-hybridized carbons (Fsp3) is 0.364. The van der Waals surface area contributed by atoms with Gasteiger partial charge in [0.25, 0.3) is 0 Å². The van der Waals surface area contributed by atoms with E-state index in [1.807, 2.05) is 12.1 Å². The first-order valence-electron chi connectivity index (χ1n) is 4.45. The van der Waals surface area contributed by atoms with E-state index in [1.165, 1.54) is 6.08 Å². The molecule has 3 heteroatoms. The van der Waals surface area contributed by atoms with Crippen molar-refractivity contribution in [3.63, 3.8) is 0 Å². The summed E-state index contributed by atoms with van der Waals surface area (Å²) < 4.78 is 5.20. The molecule has 14 heavy (non-hydrogen) atoms. The van der Waals surface area contributed by atoms with Crippen LogP contribution in [0.5, 0.6) is 5.75 Å². The zero-order valence-corrected chi connectivity index (χ0v) is 8.57. The number of hydrogen-bond acceptors (Lipinski definition) is 3. The normalized spacial score (nSPS) is 9.71. The minimum atomic E-state index is 0.340. The van der Waals surface area contributed by atoms with E-state index >= 15 is 0 Å². The fourth-order valence-corrected chi connectivity index (χ4v) is 1.30. The van der Waals surface area contributed by atoms with Crippen LogP contribution in [0.15, 0.2) is 23.2 Å². The number of hydrogen-bond donors (Lipinski definition) is 0. The monoisotopic (exact) mass is 191 g/mol. The average Bonchev–Trinajstić information content (AvgIpc) is 2.18. The lowest BCUT2D eigenvalue weighted by Crippen LogP contribution is -1.93. The van der Waals surface area contributed by atoms with Crippen LogP contribution in [0.25, 0.3) is 0 Å². The second-order valence-corrected chi connectivity index (χ2v) is 3.28. The average molecular weight is 191 g/mol. The van der Waals surface area contributed by atoms with Gasteiger partial charge in [-0.3, -0.25) is 0 Å². The highest BCUT2D eigenvalue weighted by atomic mass is 16.5. The Morgan fingerprint density at radius 2 is 2.14 bits per heavy atom. The minimum Gasteiger partial charge on any atom is -0.496 e. The highest BCUT2D eigenvalue weighted by Crippen LogP contribution is 2.29. The van der Waals surface area contributed by atoms with E-state index in [1.54, 1.807) is 13.2 Å². The van der Waals surface area contributed by atoms with Gasteiger partial charge in [0.1, 0.15) is 5.75 Å². The van der Waals surface area contributed by atoms with Gasteiger partial charge < -0.3 is 4.74 Å². The summed E-state index contributed by atoms with van der Waals surface area (Å²) in [6.45, 7) is 4.12. The first-order valence-corrected chi connectivity index (χ1v) is 4.45. The van der Waals surface area contributed by atoms with Gasteiger partial charge in [-0.25, -0.2) is 4.79 Å². The minimum absolute atomic E-state index is 0.340. The van der Waals surface area contributed by atoms with Gasteiger partial charge in [0.15, 0.2) is 0 Å². The van der Waals surface area contributed by atoms with Crippen LogP contribution in [0.4, 0.5) is 5.69 Å². The molecule has 74 valence electrons. The van der Waals surface area contributed by atoms with Crippen molar-refractivity contribution in [3.8, 4) is 5.75 Å². The molecule has 3 nitrogen and oxygen atoms in total. The van der Waals surface area contributed by atoms with Crippen molar-refractivity contribution in [2.45, 2.75) is 19.8 Å². The van der Waals surface area contributed by atoms with Crippen molar-refractivity contribution in [3.05, 3.63) is 23.8 Å². The summed E-state index contributed by atoms with van der Waals surface area (Å²) in [6.07, 6.45) is 1.52. The molecule has 0 atom stereocenters. The van der Waals surface area contributed by atoms with Crippen LogP contribution < -0.4 is 4.74 Å².